The summed E-state index contributed by atoms with van der Waals surface area (Å²) in [5.74, 6) is -1.16. The molecular weight excluding hydrogens is 881 g/mol. The number of nitrogens with zero attached hydrogens (tertiary/aromatic N) is 2. The van der Waals surface area contributed by atoms with Gasteiger partial charge in [-0.05, 0) is 63.5 Å². The highest BCUT2D eigenvalue weighted by Gasteiger charge is 2.51. The van der Waals surface area contributed by atoms with E-state index in [-0.39, 0.29) is 55.7 Å². The Morgan fingerprint density at radius 3 is 1.77 bits per heavy atom. The standard InChI is InChI=1S/C31H40N2O18S6/c1-30(2)24(32(16-5-7-18-54(36,37)38)28-21(53-51-49-35)13-12-20(26(28)30)52-50-48-34)10-9-11-25-31(3,4)27-22(56(42,43)44)14-15-23(57(45,46)47)29(27)33(25)17-6-8-19-55(39,40)41/h9-15H,5-8,16-19H2,1-4H3,(H5-,34,35,36,37,38,39,40,41,42,43,44,45,46,47)/p+1. The molecule has 0 aromatic heterocycles. The molecule has 6 N–H and O–H groups in total. The van der Waals surface area contributed by atoms with Gasteiger partial charge in [0.1, 0.15) is 11.4 Å². The van der Waals surface area contributed by atoms with Crippen molar-refractivity contribution in [2.45, 2.75) is 83.8 Å². The second kappa shape index (κ2) is 18.0. The summed E-state index contributed by atoms with van der Waals surface area (Å²) in [4.78, 5) is 1.33. The third-order valence-corrected chi connectivity index (χ3v) is 14.0. The van der Waals surface area contributed by atoms with Crippen molar-refractivity contribution in [1.29, 1.82) is 0 Å². The summed E-state index contributed by atoms with van der Waals surface area (Å²) in [6.45, 7) is 6.76. The average molecular weight is 922 g/mol. The summed E-state index contributed by atoms with van der Waals surface area (Å²) in [5, 5.41) is 25.5. The molecule has 0 aliphatic carbocycles. The van der Waals surface area contributed by atoms with Crippen LogP contribution in [0.2, 0.25) is 0 Å². The van der Waals surface area contributed by atoms with Crippen molar-refractivity contribution >= 4 is 81.6 Å². The van der Waals surface area contributed by atoms with E-state index in [4.69, 9.17) is 19.2 Å². The van der Waals surface area contributed by atoms with Crippen molar-refractivity contribution in [2.24, 2.45) is 0 Å². The zero-order valence-electron chi connectivity index (χ0n) is 30.6. The fourth-order valence-electron chi connectivity index (χ4n) is 7.09. The number of allylic oxidation sites excluding steroid dienone is 4. The minimum Gasteiger partial charge on any atom is -0.343 e. The van der Waals surface area contributed by atoms with E-state index in [0.29, 0.717) is 50.8 Å². The van der Waals surface area contributed by atoms with Gasteiger partial charge in [-0.25, -0.2) is 10.5 Å². The van der Waals surface area contributed by atoms with Gasteiger partial charge < -0.3 is 4.90 Å². The third-order valence-electron chi connectivity index (χ3n) is 9.30. The molecule has 2 aromatic carbocycles. The Morgan fingerprint density at radius 2 is 1.23 bits per heavy atom. The lowest BCUT2D eigenvalue weighted by Crippen LogP contribution is -2.29. The van der Waals surface area contributed by atoms with Crippen LogP contribution in [0.4, 0.5) is 11.4 Å². The first-order valence-electron chi connectivity index (χ1n) is 16.6. The van der Waals surface area contributed by atoms with E-state index in [9.17, 15) is 51.9 Å². The van der Waals surface area contributed by atoms with Gasteiger partial charge in [-0.15, -0.1) is 8.67 Å². The van der Waals surface area contributed by atoms with Crippen LogP contribution in [0.25, 0.3) is 0 Å². The largest absolute Gasteiger partial charge is 0.343 e. The maximum Gasteiger partial charge on any atom is 0.301 e. The van der Waals surface area contributed by atoms with Crippen molar-refractivity contribution in [3.05, 3.63) is 59.3 Å². The second-order valence-corrected chi connectivity index (χ2v) is 21.2. The van der Waals surface area contributed by atoms with E-state index in [1.54, 1.807) is 43.0 Å². The topological polar surface area (TPSA) is 301 Å². The highest BCUT2D eigenvalue weighted by atomic mass is 32.2. The van der Waals surface area contributed by atoms with E-state index in [0.717, 1.165) is 12.1 Å². The molecule has 0 amide bonds. The van der Waals surface area contributed by atoms with Gasteiger partial charge in [-0.2, -0.15) is 38.2 Å². The maximum atomic E-state index is 12.7. The molecule has 4 rings (SSSR count). The summed E-state index contributed by atoms with van der Waals surface area (Å²) in [7, 11) is -18.6. The Labute approximate surface area is 338 Å². The Balaban J connectivity index is 1.96. The van der Waals surface area contributed by atoms with Crippen molar-refractivity contribution in [3.63, 3.8) is 0 Å². The number of hydrogen-bond acceptors (Lipinski definition) is 17. The molecule has 2 aromatic rings. The van der Waals surface area contributed by atoms with Crippen LogP contribution < -0.4 is 4.90 Å². The highest BCUT2D eigenvalue weighted by Crippen LogP contribution is 2.55. The summed E-state index contributed by atoms with van der Waals surface area (Å²) >= 11 is 1.29. The van der Waals surface area contributed by atoms with Gasteiger partial charge >= 0.3 is 10.1 Å². The molecule has 2 aliphatic heterocycles. The van der Waals surface area contributed by atoms with Crippen LogP contribution >= 0.6 is 24.1 Å². The Bertz CT molecular complexity index is 2410. The van der Waals surface area contributed by atoms with Crippen molar-refractivity contribution < 1.29 is 85.7 Å². The molecule has 57 heavy (non-hydrogen) atoms. The fourth-order valence-corrected chi connectivity index (χ4v) is 11.0. The molecule has 0 unspecified atom stereocenters. The number of unbranched alkanes of at least 4 members (excludes halogenated alkanes) is 2. The van der Waals surface area contributed by atoms with Gasteiger partial charge in [0.2, 0.25) is 5.69 Å². The van der Waals surface area contributed by atoms with Crippen LogP contribution in [0, 0.1) is 0 Å². The molecule has 0 spiro atoms. The van der Waals surface area contributed by atoms with Crippen LogP contribution in [0.5, 0.6) is 0 Å². The lowest BCUT2D eigenvalue weighted by atomic mass is 9.81. The van der Waals surface area contributed by atoms with E-state index < -0.39 is 72.6 Å². The van der Waals surface area contributed by atoms with Crippen LogP contribution in [0.15, 0.2) is 67.8 Å². The van der Waals surface area contributed by atoms with Crippen LogP contribution in [0.1, 0.15) is 64.5 Å². The van der Waals surface area contributed by atoms with Gasteiger partial charge in [0.15, 0.2) is 10.6 Å². The first-order valence-corrected chi connectivity index (χ1v) is 24.2. The fraction of sp³-hybridized carbons (Fsp3) is 0.452. The molecule has 0 fully saturated rings. The minimum absolute atomic E-state index is 0.0224. The van der Waals surface area contributed by atoms with Gasteiger partial charge in [-0.1, -0.05) is 30.0 Å². The zero-order chi connectivity index (χ0) is 42.8. The SMILES string of the molecule is CC1(C)C(/C=C/C=C2/N(CCCCS(=O)(=O)O)c3c(SOOO)ccc(SOOO)c3C2(C)C)=[N+](CCCCS(=O)(=O)O)c2c(S(=O)(=O)O)ccc(S(=O)(=O)O)c21. The number of hydrogen-bond donors (Lipinski definition) is 6. The molecule has 2 aliphatic rings. The Hall–Kier alpha value is -2.51. The van der Waals surface area contributed by atoms with Crippen LogP contribution in [0.3, 0.4) is 0 Å². The van der Waals surface area contributed by atoms with Gasteiger partial charge in [-0.3, -0.25) is 18.2 Å². The lowest BCUT2D eigenvalue weighted by Gasteiger charge is -2.27. The summed E-state index contributed by atoms with van der Waals surface area (Å²) in [6, 6.07) is 4.87. The monoisotopic (exact) mass is 921 g/mol. The third kappa shape index (κ3) is 11.0. The molecule has 0 bridgehead atoms. The highest BCUT2D eigenvalue weighted by molar-refractivity contribution is 7.95. The summed E-state index contributed by atoms with van der Waals surface area (Å²) in [6.07, 6.45) is 4.95. The van der Waals surface area contributed by atoms with E-state index in [1.807, 2.05) is 13.8 Å². The molecule has 0 atom stereocenters. The minimum atomic E-state index is -5.02. The number of rotatable bonds is 20. The summed E-state index contributed by atoms with van der Waals surface area (Å²) < 4.78 is 147. The molecule has 318 valence electrons. The molecular formula is C31H41N2O18S6+. The van der Waals surface area contributed by atoms with Crippen LogP contribution in [-0.4, -0.2) is 97.3 Å². The van der Waals surface area contributed by atoms with E-state index in [1.165, 1.54) is 10.7 Å². The average Bonchev–Trinajstić information content (AvgIpc) is 3.44. The maximum absolute atomic E-state index is 12.7. The number of fused-ring (bicyclic) bond motifs is 2. The molecule has 2 heterocycles. The van der Waals surface area contributed by atoms with Crippen molar-refractivity contribution in [3.8, 4) is 0 Å². The molecule has 0 saturated carbocycles. The predicted molar refractivity (Wildman–Crippen MR) is 206 cm³/mol. The first kappa shape index (κ1) is 47.2. The predicted octanol–water partition coefficient (Wildman–Crippen LogP) is 4.99. The first-order chi connectivity index (χ1) is 26.3. The Kier molecular flexibility index (Phi) is 14.9. The molecule has 0 saturated heterocycles. The van der Waals surface area contributed by atoms with Crippen molar-refractivity contribution in [1.82, 2.24) is 0 Å². The quantitative estimate of drug-likeness (QED) is 0.0255. The second-order valence-electron chi connectivity index (χ2n) is 13.8. The molecule has 0 radical (unpaired) electrons. The van der Waals surface area contributed by atoms with Gasteiger partial charge in [0, 0.05) is 40.6 Å². The van der Waals surface area contributed by atoms with E-state index in [2.05, 4.69) is 10.1 Å². The lowest BCUT2D eigenvalue weighted by molar-refractivity contribution is -0.440. The zero-order valence-corrected chi connectivity index (χ0v) is 35.5. The number of benzene rings is 2. The molecule has 26 heteroatoms. The van der Waals surface area contributed by atoms with Gasteiger partial charge in [0.05, 0.1) is 57.2 Å². The van der Waals surface area contributed by atoms with Crippen molar-refractivity contribution in [2.75, 3.05) is 29.5 Å². The molecule has 20 nitrogen and oxygen atoms in total. The van der Waals surface area contributed by atoms with Crippen LogP contribution in [-0.2, 0) is 70.0 Å². The number of anilines is 1. The normalized spacial score (nSPS) is 17.6. The Morgan fingerprint density at radius 1 is 0.702 bits per heavy atom. The smallest absolute Gasteiger partial charge is 0.301 e. The van der Waals surface area contributed by atoms with E-state index >= 15 is 0 Å². The van der Waals surface area contributed by atoms with Gasteiger partial charge in [0.25, 0.3) is 30.4 Å². The summed E-state index contributed by atoms with van der Waals surface area (Å²) in [5.41, 5.74) is -0.922.